The highest BCUT2D eigenvalue weighted by molar-refractivity contribution is 6.31. The van der Waals surface area contributed by atoms with E-state index < -0.39 is 6.29 Å². The van der Waals surface area contributed by atoms with Crippen molar-refractivity contribution in [3.05, 3.63) is 34.6 Å². The monoisotopic (exact) mass is 247 g/mol. The van der Waals surface area contributed by atoms with Crippen LogP contribution in [0.2, 0.25) is 5.02 Å². The second kappa shape index (κ2) is 6.15. The molecule has 0 aliphatic rings. The van der Waals surface area contributed by atoms with Gasteiger partial charge in [0.15, 0.2) is 6.29 Å². The fourth-order valence-electron chi connectivity index (χ4n) is 1.56. The van der Waals surface area contributed by atoms with E-state index in [9.17, 15) is 4.39 Å². The minimum absolute atomic E-state index is 0.321. The van der Waals surface area contributed by atoms with E-state index in [-0.39, 0.29) is 11.9 Å². The first-order chi connectivity index (χ1) is 7.63. The lowest BCUT2D eigenvalue weighted by Crippen LogP contribution is -2.32. The molecule has 3 nitrogen and oxygen atoms in total. The van der Waals surface area contributed by atoms with Gasteiger partial charge in [-0.15, -0.1) is 0 Å². The van der Waals surface area contributed by atoms with Crippen molar-refractivity contribution in [3.63, 3.8) is 0 Å². The van der Waals surface area contributed by atoms with Crippen molar-refractivity contribution in [1.82, 2.24) is 5.32 Å². The molecule has 1 aromatic rings. The highest BCUT2D eigenvalue weighted by Gasteiger charge is 2.23. The number of halogens is 2. The van der Waals surface area contributed by atoms with Crippen LogP contribution in [0.4, 0.5) is 4.39 Å². The molecular weight excluding hydrogens is 233 g/mol. The Morgan fingerprint density at radius 1 is 1.31 bits per heavy atom. The van der Waals surface area contributed by atoms with Gasteiger partial charge in [-0.2, -0.15) is 0 Å². The van der Waals surface area contributed by atoms with Gasteiger partial charge in [0.25, 0.3) is 0 Å². The SMILES string of the molecule is CNC(c1cc(F)ccc1Cl)C(OC)OC. The molecule has 0 amide bonds. The van der Waals surface area contributed by atoms with Crippen LogP contribution in [0.1, 0.15) is 11.6 Å². The lowest BCUT2D eigenvalue weighted by atomic mass is 10.1. The Kier molecular flexibility index (Phi) is 5.15. The standard InChI is InChI=1S/C11H15ClFNO2/c1-14-10(11(15-2)16-3)8-6-7(13)4-5-9(8)12/h4-6,10-11,14H,1-3H3. The van der Waals surface area contributed by atoms with Crippen molar-refractivity contribution in [2.24, 2.45) is 0 Å². The summed E-state index contributed by atoms with van der Waals surface area (Å²) in [5.41, 5.74) is 0.609. The Morgan fingerprint density at radius 3 is 2.44 bits per heavy atom. The van der Waals surface area contributed by atoms with E-state index in [0.29, 0.717) is 10.6 Å². The molecule has 0 aliphatic carbocycles. The van der Waals surface area contributed by atoms with E-state index in [2.05, 4.69) is 5.32 Å². The number of nitrogens with one attached hydrogen (secondary N) is 1. The fourth-order valence-corrected chi connectivity index (χ4v) is 1.79. The Morgan fingerprint density at radius 2 is 1.94 bits per heavy atom. The Balaban J connectivity index is 3.06. The van der Waals surface area contributed by atoms with E-state index in [4.69, 9.17) is 21.1 Å². The maximum atomic E-state index is 13.1. The summed E-state index contributed by atoms with van der Waals surface area (Å²) in [6.45, 7) is 0. The summed E-state index contributed by atoms with van der Waals surface area (Å²) in [7, 11) is 4.77. The number of ether oxygens (including phenoxy) is 2. The highest BCUT2D eigenvalue weighted by Crippen LogP contribution is 2.27. The number of hydrogen-bond acceptors (Lipinski definition) is 3. The summed E-state index contributed by atoms with van der Waals surface area (Å²) in [4.78, 5) is 0. The molecule has 0 bridgehead atoms. The molecule has 0 radical (unpaired) electrons. The number of hydrogen-bond donors (Lipinski definition) is 1. The van der Waals surface area contributed by atoms with Crippen molar-refractivity contribution in [3.8, 4) is 0 Å². The zero-order chi connectivity index (χ0) is 12.1. The highest BCUT2D eigenvalue weighted by atomic mass is 35.5. The largest absolute Gasteiger partial charge is 0.354 e. The minimum atomic E-state index is -0.524. The topological polar surface area (TPSA) is 30.5 Å². The van der Waals surface area contributed by atoms with Crippen molar-refractivity contribution in [1.29, 1.82) is 0 Å². The third-order valence-corrected chi connectivity index (χ3v) is 2.69. The Hall–Kier alpha value is -0.680. The van der Waals surface area contributed by atoms with E-state index in [1.807, 2.05) is 0 Å². The molecule has 0 saturated heterocycles. The zero-order valence-electron chi connectivity index (χ0n) is 9.46. The van der Waals surface area contributed by atoms with Gasteiger partial charge in [0.2, 0.25) is 0 Å². The minimum Gasteiger partial charge on any atom is -0.354 e. The first-order valence-corrected chi connectivity index (χ1v) is 5.19. The van der Waals surface area contributed by atoms with Crippen LogP contribution >= 0.6 is 11.6 Å². The van der Waals surface area contributed by atoms with Crippen molar-refractivity contribution < 1.29 is 13.9 Å². The number of likely N-dealkylation sites (N-methyl/N-ethyl adjacent to an activating group) is 1. The lowest BCUT2D eigenvalue weighted by Gasteiger charge is -2.25. The van der Waals surface area contributed by atoms with Crippen LogP contribution in [-0.2, 0) is 9.47 Å². The molecule has 0 spiro atoms. The summed E-state index contributed by atoms with van der Waals surface area (Å²) in [5, 5.41) is 3.46. The molecule has 1 N–H and O–H groups in total. The van der Waals surface area contributed by atoms with Gasteiger partial charge in [-0.1, -0.05) is 11.6 Å². The van der Waals surface area contributed by atoms with Crippen LogP contribution in [0.25, 0.3) is 0 Å². The third-order valence-electron chi connectivity index (χ3n) is 2.34. The number of benzene rings is 1. The quantitative estimate of drug-likeness (QED) is 0.811. The van der Waals surface area contributed by atoms with E-state index in [1.54, 1.807) is 7.05 Å². The predicted molar refractivity (Wildman–Crippen MR) is 61.0 cm³/mol. The smallest absolute Gasteiger partial charge is 0.176 e. The molecule has 90 valence electrons. The van der Waals surface area contributed by atoms with Crippen LogP contribution in [0.5, 0.6) is 0 Å². The fraction of sp³-hybridized carbons (Fsp3) is 0.455. The van der Waals surface area contributed by atoms with Gasteiger partial charge < -0.3 is 14.8 Å². The summed E-state index contributed by atoms with van der Waals surface area (Å²) >= 11 is 6.01. The van der Waals surface area contributed by atoms with Gasteiger partial charge in [0, 0.05) is 19.2 Å². The molecule has 1 unspecified atom stereocenters. The molecule has 0 saturated carbocycles. The molecule has 0 heterocycles. The summed E-state index contributed by atoms with van der Waals surface area (Å²) in [5.74, 6) is -0.342. The lowest BCUT2D eigenvalue weighted by molar-refractivity contribution is -0.123. The second-order valence-corrected chi connectivity index (χ2v) is 3.68. The molecule has 5 heteroatoms. The maximum absolute atomic E-state index is 13.1. The van der Waals surface area contributed by atoms with Gasteiger partial charge in [-0.25, -0.2) is 4.39 Å². The molecule has 1 atom stereocenters. The van der Waals surface area contributed by atoms with Crippen molar-refractivity contribution in [2.45, 2.75) is 12.3 Å². The molecule has 16 heavy (non-hydrogen) atoms. The van der Waals surface area contributed by atoms with Crippen LogP contribution in [0, 0.1) is 5.82 Å². The summed E-state index contributed by atoms with van der Waals surface area (Å²) < 4.78 is 23.4. The van der Waals surface area contributed by atoms with Crippen LogP contribution in [-0.4, -0.2) is 27.6 Å². The summed E-state index contributed by atoms with van der Waals surface area (Å²) in [6.07, 6.45) is -0.524. The van der Waals surface area contributed by atoms with Crippen LogP contribution in [0.3, 0.4) is 0 Å². The van der Waals surface area contributed by atoms with Crippen molar-refractivity contribution >= 4 is 11.6 Å². The van der Waals surface area contributed by atoms with Gasteiger partial charge in [0.05, 0.1) is 6.04 Å². The Bertz CT molecular complexity index is 345. The van der Waals surface area contributed by atoms with Crippen LogP contribution < -0.4 is 5.32 Å². The normalized spacial score (nSPS) is 13.1. The van der Waals surface area contributed by atoms with E-state index in [0.717, 1.165) is 0 Å². The average molecular weight is 248 g/mol. The Labute approximate surface area is 99.5 Å². The van der Waals surface area contributed by atoms with E-state index >= 15 is 0 Å². The van der Waals surface area contributed by atoms with Crippen molar-refractivity contribution in [2.75, 3.05) is 21.3 Å². The third kappa shape index (κ3) is 2.92. The van der Waals surface area contributed by atoms with Gasteiger partial charge in [-0.05, 0) is 30.8 Å². The first kappa shape index (κ1) is 13.4. The second-order valence-electron chi connectivity index (χ2n) is 3.27. The number of methoxy groups -OCH3 is 2. The van der Waals surface area contributed by atoms with Gasteiger partial charge in [-0.3, -0.25) is 0 Å². The molecule has 1 rings (SSSR count). The molecular formula is C11H15ClFNO2. The first-order valence-electron chi connectivity index (χ1n) is 4.81. The molecule has 1 aromatic carbocycles. The molecule has 0 aliphatic heterocycles. The molecule has 0 fully saturated rings. The van der Waals surface area contributed by atoms with Crippen LogP contribution in [0.15, 0.2) is 18.2 Å². The zero-order valence-corrected chi connectivity index (χ0v) is 10.2. The number of rotatable bonds is 5. The maximum Gasteiger partial charge on any atom is 0.176 e. The van der Waals surface area contributed by atoms with E-state index in [1.165, 1.54) is 32.4 Å². The summed E-state index contributed by atoms with van der Waals surface area (Å²) in [6, 6.07) is 3.87. The average Bonchev–Trinajstić information content (AvgIpc) is 2.29. The van der Waals surface area contributed by atoms with Gasteiger partial charge in [0.1, 0.15) is 5.82 Å². The molecule has 0 aromatic heterocycles. The van der Waals surface area contributed by atoms with Gasteiger partial charge >= 0.3 is 0 Å². The predicted octanol–water partition coefficient (Wildman–Crippen LogP) is 2.36.